The van der Waals surface area contributed by atoms with E-state index in [-0.39, 0.29) is 12.3 Å². The minimum Gasteiger partial charge on any atom is -0.369 e. The van der Waals surface area contributed by atoms with Gasteiger partial charge in [0.2, 0.25) is 11.8 Å². The van der Waals surface area contributed by atoms with Gasteiger partial charge in [0.1, 0.15) is 0 Å². The van der Waals surface area contributed by atoms with Crippen molar-refractivity contribution in [2.45, 2.75) is 18.2 Å². The van der Waals surface area contributed by atoms with Crippen molar-refractivity contribution in [3.63, 3.8) is 0 Å². The smallest absolute Gasteiger partial charge is 0.231 e. The lowest BCUT2D eigenvalue weighted by atomic mass is 10.2. The normalized spacial score (nSPS) is 19.0. The second kappa shape index (κ2) is 8.12. The Hall–Kier alpha value is -2.02. The Kier molecular flexibility index (Phi) is 5.86. The molecule has 2 aromatic carbocycles. The largest absolute Gasteiger partial charge is 0.369 e. The Balaban J connectivity index is 1.92. The number of aliphatic imine (C=N–C) groups is 1. The van der Waals surface area contributed by atoms with Crippen LogP contribution in [0, 0.1) is 0 Å². The van der Waals surface area contributed by atoms with E-state index >= 15 is 0 Å². The fourth-order valence-corrected chi connectivity index (χ4v) is 3.71. The summed E-state index contributed by atoms with van der Waals surface area (Å²) < 4.78 is 0. The number of carbonyl (C=O) groups excluding carboxylic acids is 2. The molecule has 26 heavy (non-hydrogen) atoms. The monoisotopic (exact) mass is 407 g/mol. The molecule has 2 aromatic rings. The number of hydrogen-bond acceptors (Lipinski definition) is 4. The van der Waals surface area contributed by atoms with Crippen LogP contribution in [0.2, 0.25) is 10.0 Å². The van der Waals surface area contributed by atoms with Crippen molar-refractivity contribution in [1.82, 2.24) is 4.90 Å². The summed E-state index contributed by atoms with van der Waals surface area (Å²) in [7, 11) is 0. The average molecular weight is 408 g/mol. The van der Waals surface area contributed by atoms with Crippen molar-refractivity contribution in [2.75, 3.05) is 0 Å². The molecule has 5 nitrogen and oxygen atoms in total. The molecule has 1 saturated heterocycles. The highest BCUT2D eigenvalue weighted by atomic mass is 35.5. The van der Waals surface area contributed by atoms with Gasteiger partial charge in [-0.25, -0.2) is 4.99 Å². The zero-order valence-electron chi connectivity index (χ0n) is 13.6. The fourth-order valence-electron chi connectivity index (χ4n) is 2.41. The molecule has 0 saturated carbocycles. The van der Waals surface area contributed by atoms with Crippen LogP contribution in [-0.4, -0.2) is 27.1 Å². The first-order chi connectivity index (χ1) is 12.4. The van der Waals surface area contributed by atoms with Gasteiger partial charge >= 0.3 is 0 Å². The van der Waals surface area contributed by atoms with Crippen molar-refractivity contribution in [3.8, 4) is 0 Å². The first-order valence-electron chi connectivity index (χ1n) is 7.77. The van der Waals surface area contributed by atoms with E-state index in [1.165, 1.54) is 11.8 Å². The minimum absolute atomic E-state index is 0.0488. The third-order valence-corrected chi connectivity index (χ3v) is 5.47. The summed E-state index contributed by atoms with van der Waals surface area (Å²) in [6.07, 6.45) is 0.0488. The van der Waals surface area contributed by atoms with E-state index in [0.29, 0.717) is 27.4 Å². The number of primary amides is 1. The number of thioether (sulfide) groups is 1. The molecule has 1 atom stereocenters. The van der Waals surface area contributed by atoms with E-state index in [4.69, 9.17) is 28.9 Å². The van der Waals surface area contributed by atoms with Gasteiger partial charge in [0.05, 0.1) is 17.5 Å². The topological polar surface area (TPSA) is 75.8 Å². The number of amides is 2. The predicted molar refractivity (Wildman–Crippen MR) is 106 cm³/mol. The molecule has 134 valence electrons. The summed E-state index contributed by atoms with van der Waals surface area (Å²) in [6.45, 7) is 0.334. The van der Waals surface area contributed by atoms with Crippen LogP contribution in [0.1, 0.15) is 12.0 Å². The van der Waals surface area contributed by atoms with Crippen LogP contribution < -0.4 is 5.73 Å². The number of rotatable bonds is 4. The number of halogens is 2. The lowest BCUT2D eigenvalue weighted by molar-refractivity contribution is -0.130. The van der Waals surface area contributed by atoms with E-state index in [2.05, 4.69) is 4.99 Å². The summed E-state index contributed by atoms with van der Waals surface area (Å²) in [5, 5.41) is 1.02. The van der Waals surface area contributed by atoms with Gasteiger partial charge in [-0.15, -0.1) is 0 Å². The van der Waals surface area contributed by atoms with Crippen molar-refractivity contribution >= 4 is 57.6 Å². The number of nitrogens with zero attached hydrogens (tertiary/aromatic N) is 2. The molecule has 0 spiro atoms. The molecule has 1 aliphatic rings. The number of nitrogens with two attached hydrogens (primary N) is 1. The Morgan fingerprint density at radius 3 is 2.27 bits per heavy atom. The average Bonchev–Trinajstić information content (AvgIpc) is 2.61. The van der Waals surface area contributed by atoms with Crippen molar-refractivity contribution in [2.24, 2.45) is 10.7 Å². The van der Waals surface area contributed by atoms with Gasteiger partial charge < -0.3 is 5.73 Å². The lowest BCUT2D eigenvalue weighted by Gasteiger charge is -2.31. The molecule has 2 amide bonds. The molecule has 1 unspecified atom stereocenters. The zero-order chi connectivity index (χ0) is 18.7. The molecular weight excluding hydrogens is 393 g/mol. The van der Waals surface area contributed by atoms with Gasteiger partial charge in [-0.05, 0) is 42.0 Å². The van der Waals surface area contributed by atoms with Crippen LogP contribution in [0.15, 0.2) is 53.5 Å². The second-order valence-electron chi connectivity index (χ2n) is 5.69. The van der Waals surface area contributed by atoms with Crippen LogP contribution in [0.5, 0.6) is 0 Å². The van der Waals surface area contributed by atoms with Gasteiger partial charge in [0, 0.05) is 16.5 Å². The van der Waals surface area contributed by atoms with E-state index in [9.17, 15) is 9.59 Å². The van der Waals surface area contributed by atoms with Crippen LogP contribution in [0.25, 0.3) is 0 Å². The summed E-state index contributed by atoms with van der Waals surface area (Å²) in [4.78, 5) is 30.3. The van der Waals surface area contributed by atoms with E-state index in [1.54, 1.807) is 41.3 Å². The van der Waals surface area contributed by atoms with Gasteiger partial charge in [0.15, 0.2) is 5.17 Å². The van der Waals surface area contributed by atoms with E-state index < -0.39 is 11.2 Å². The molecule has 1 heterocycles. The molecule has 2 N–H and O–H groups in total. The maximum atomic E-state index is 12.6. The third-order valence-electron chi connectivity index (χ3n) is 3.76. The van der Waals surface area contributed by atoms with Gasteiger partial charge in [-0.3, -0.25) is 14.5 Å². The molecule has 0 radical (unpaired) electrons. The molecule has 0 aliphatic carbocycles. The zero-order valence-corrected chi connectivity index (χ0v) is 15.9. The van der Waals surface area contributed by atoms with Gasteiger partial charge in [0.25, 0.3) is 0 Å². The standard InChI is InChI=1S/C18H15Cl2N3O2S/c19-12-3-1-11(2-4-12)10-23-16(24)9-15(17(21)25)26-18(23)22-14-7-5-13(20)6-8-14/h1-8,15H,9-10H2,(H2,21,25). The Bertz CT molecular complexity index is 854. The summed E-state index contributed by atoms with van der Waals surface area (Å²) in [6, 6.07) is 14.1. The van der Waals surface area contributed by atoms with Gasteiger partial charge in [-0.2, -0.15) is 0 Å². The Morgan fingerprint density at radius 2 is 1.69 bits per heavy atom. The van der Waals surface area contributed by atoms with Crippen molar-refractivity contribution in [1.29, 1.82) is 0 Å². The van der Waals surface area contributed by atoms with Crippen molar-refractivity contribution < 1.29 is 9.59 Å². The van der Waals surface area contributed by atoms with Crippen LogP contribution in [0.3, 0.4) is 0 Å². The molecular formula is C18H15Cl2N3O2S. The number of amidine groups is 1. The maximum Gasteiger partial charge on any atom is 0.231 e. The highest BCUT2D eigenvalue weighted by molar-refractivity contribution is 8.15. The molecule has 3 rings (SSSR count). The quantitative estimate of drug-likeness (QED) is 0.831. The highest BCUT2D eigenvalue weighted by Crippen LogP contribution is 2.30. The Labute approximate surface area is 165 Å². The molecule has 0 aromatic heterocycles. The number of benzene rings is 2. The highest BCUT2D eigenvalue weighted by Gasteiger charge is 2.34. The lowest BCUT2D eigenvalue weighted by Crippen LogP contribution is -2.45. The first kappa shape index (κ1) is 18.8. The molecule has 0 bridgehead atoms. The molecule has 8 heteroatoms. The van der Waals surface area contributed by atoms with E-state index in [1.807, 2.05) is 12.1 Å². The molecule has 1 fully saturated rings. The maximum absolute atomic E-state index is 12.6. The number of carbonyl (C=O) groups is 2. The molecule has 1 aliphatic heterocycles. The van der Waals surface area contributed by atoms with Crippen LogP contribution >= 0.6 is 35.0 Å². The second-order valence-corrected chi connectivity index (χ2v) is 7.73. The van der Waals surface area contributed by atoms with Crippen LogP contribution in [-0.2, 0) is 16.1 Å². The number of hydrogen-bond donors (Lipinski definition) is 1. The first-order valence-corrected chi connectivity index (χ1v) is 9.41. The van der Waals surface area contributed by atoms with Crippen LogP contribution in [0.4, 0.5) is 5.69 Å². The summed E-state index contributed by atoms with van der Waals surface area (Å²) in [5.74, 6) is -0.728. The third kappa shape index (κ3) is 4.58. The van der Waals surface area contributed by atoms with Crippen molar-refractivity contribution in [3.05, 3.63) is 64.1 Å². The van der Waals surface area contributed by atoms with Gasteiger partial charge in [-0.1, -0.05) is 47.1 Å². The van der Waals surface area contributed by atoms with E-state index in [0.717, 1.165) is 5.56 Å². The minimum atomic E-state index is -0.630. The summed E-state index contributed by atoms with van der Waals surface area (Å²) in [5.41, 5.74) is 6.94. The Morgan fingerprint density at radius 1 is 1.12 bits per heavy atom. The SMILES string of the molecule is NC(=O)C1CC(=O)N(Cc2ccc(Cl)cc2)C(=Nc2ccc(Cl)cc2)S1. The fraction of sp³-hybridized carbons (Fsp3) is 0.167. The summed E-state index contributed by atoms with van der Waals surface area (Å²) >= 11 is 13.0. The predicted octanol–water partition coefficient (Wildman–Crippen LogP) is 4.00.